The summed E-state index contributed by atoms with van der Waals surface area (Å²) in [4.78, 5) is 13.3. The summed E-state index contributed by atoms with van der Waals surface area (Å²) in [6.45, 7) is 0. The molecule has 0 bridgehead atoms. The number of hydrogen-bond acceptors (Lipinski definition) is 3. The van der Waals surface area contributed by atoms with Gasteiger partial charge in [-0.25, -0.2) is 4.79 Å². The van der Waals surface area contributed by atoms with Crippen LogP contribution in [0, 0.1) is 5.41 Å². The van der Waals surface area contributed by atoms with Gasteiger partial charge in [0.25, 0.3) is 0 Å². The Morgan fingerprint density at radius 1 is 1.54 bits per heavy atom. The second-order valence-corrected chi connectivity index (χ2v) is 2.61. The second kappa shape index (κ2) is 2.48. The van der Waals surface area contributed by atoms with E-state index in [1.165, 1.54) is 0 Å². The molecule has 5 heteroatoms. The van der Waals surface area contributed by atoms with E-state index in [9.17, 15) is 4.79 Å². The summed E-state index contributed by atoms with van der Waals surface area (Å²) in [5, 5.41) is 7.24. The minimum atomic E-state index is -0.538. The summed E-state index contributed by atoms with van der Waals surface area (Å²) in [7, 11) is 0. The number of amidine groups is 1. The van der Waals surface area contributed by atoms with Gasteiger partial charge in [0.2, 0.25) is 0 Å². The highest BCUT2D eigenvalue weighted by molar-refractivity contribution is 6.04. The molecular formula is C8H7N3O2. The van der Waals surface area contributed by atoms with Crippen LogP contribution in [0.4, 0.5) is 0 Å². The molecule has 0 unspecified atom stereocenters. The fourth-order valence-electron chi connectivity index (χ4n) is 1.20. The lowest BCUT2D eigenvalue weighted by molar-refractivity contribution is 0.555. The number of aromatic amines is 1. The van der Waals surface area contributed by atoms with Crippen molar-refractivity contribution in [3.8, 4) is 0 Å². The van der Waals surface area contributed by atoms with Crippen LogP contribution in [0.5, 0.6) is 0 Å². The van der Waals surface area contributed by atoms with Gasteiger partial charge in [0.05, 0.1) is 5.52 Å². The third-order valence-electron chi connectivity index (χ3n) is 1.75. The number of para-hydroxylation sites is 1. The van der Waals surface area contributed by atoms with Gasteiger partial charge < -0.3 is 10.2 Å². The van der Waals surface area contributed by atoms with Crippen molar-refractivity contribution >= 4 is 16.9 Å². The molecule has 0 aliphatic rings. The summed E-state index contributed by atoms with van der Waals surface area (Å²) in [6, 6.07) is 4.96. The third kappa shape index (κ3) is 1.10. The lowest BCUT2D eigenvalue weighted by Gasteiger charge is -1.96. The van der Waals surface area contributed by atoms with Gasteiger partial charge in [0.1, 0.15) is 5.84 Å². The van der Waals surface area contributed by atoms with Crippen LogP contribution >= 0.6 is 0 Å². The number of H-pyrrole nitrogens is 1. The Kier molecular flexibility index (Phi) is 1.45. The largest absolute Gasteiger partial charge is 0.417 e. The van der Waals surface area contributed by atoms with Crippen LogP contribution in [-0.2, 0) is 0 Å². The number of aromatic nitrogens is 1. The quantitative estimate of drug-likeness (QED) is 0.434. The Hall–Kier alpha value is -2.04. The molecule has 0 spiro atoms. The van der Waals surface area contributed by atoms with E-state index < -0.39 is 5.76 Å². The topological polar surface area (TPSA) is 95.9 Å². The fourth-order valence-corrected chi connectivity index (χ4v) is 1.20. The van der Waals surface area contributed by atoms with Crippen molar-refractivity contribution in [2.45, 2.75) is 0 Å². The van der Waals surface area contributed by atoms with E-state index in [1.54, 1.807) is 18.2 Å². The number of hydrogen-bond donors (Lipinski definition) is 3. The Morgan fingerprint density at radius 2 is 2.31 bits per heavy atom. The van der Waals surface area contributed by atoms with Crippen LogP contribution in [0.3, 0.4) is 0 Å². The van der Waals surface area contributed by atoms with Crippen LogP contribution in [0.1, 0.15) is 5.56 Å². The van der Waals surface area contributed by atoms with Gasteiger partial charge in [-0.15, -0.1) is 0 Å². The van der Waals surface area contributed by atoms with Crippen molar-refractivity contribution in [3.63, 3.8) is 0 Å². The highest BCUT2D eigenvalue weighted by Gasteiger charge is 2.07. The first-order valence-electron chi connectivity index (χ1n) is 3.65. The highest BCUT2D eigenvalue weighted by Crippen LogP contribution is 2.13. The average Bonchev–Trinajstić information content (AvgIpc) is 2.43. The molecule has 0 radical (unpaired) electrons. The van der Waals surface area contributed by atoms with Gasteiger partial charge in [-0.1, -0.05) is 6.07 Å². The first-order chi connectivity index (χ1) is 6.18. The molecule has 13 heavy (non-hydrogen) atoms. The summed E-state index contributed by atoms with van der Waals surface area (Å²) in [5.74, 6) is -0.633. The molecule has 0 amide bonds. The molecule has 5 nitrogen and oxygen atoms in total. The molecule has 0 atom stereocenters. The Bertz CT molecular complexity index is 523. The predicted molar refractivity (Wildman–Crippen MR) is 47.9 cm³/mol. The monoisotopic (exact) mass is 177 g/mol. The third-order valence-corrected chi connectivity index (χ3v) is 1.75. The zero-order valence-corrected chi connectivity index (χ0v) is 6.63. The number of nitrogens with one attached hydrogen (secondary N) is 2. The van der Waals surface area contributed by atoms with E-state index in [2.05, 4.69) is 4.98 Å². The summed E-state index contributed by atoms with van der Waals surface area (Å²) in [5.41, 5.74) is 6.67. The molecule has 0 aliphatic heterocycles. The van der Waals surface area contributed by atoms with E-state index in [0.29, 0.717) is 16.7 Å². The summed E-state index contributed by atoms with van der Waals surface area (Å²) in [6.07, 6.45) is 0. The number of fused-ring (bicyclic) bond motifs is 1. The summed E-state index contributed by atoms with van der Waals surface area (Å²) >= 11 is 0. The van der Waals surface area contributed by atoms with Crippen molar-refractivity contribution in [2.24, 2.45) is 5.73 Å². The molecule has 1 aromatic carbocycles. The lowest BCUT2D eigenvalue weighted by atomic mass is 10.2. The van der Waals surface area contributed by atoms with Gasteiger partial charge in [-0.2, -0.15) is 0 Å². The summed E-state index contributed by atoms with van der Waals surface area (Å²) < 4.78 is 4.80. The van der Waals surface area contributed by atoms with E-state index in [1.807, 2.05) is 0 Å². The number of rotatable bonds is 1. The van der Waals surface area contributed by atoms with Crippen molar-refractivity contribution in [2.75, 3.05) is 0 Å². The molecule has 66 valence electrons. The number of oxazole rings is 1. The fraction of sp³-hybridized carbons (Fsp3) is 0. The first-order valence-corrected chi connectivity index (χ1v) is 3.65. The van der Waals surface area contributed by atoms with E-state index in [-0.39, 0.29) is 5.84 Å². The maximum Gasteiger partial charge on any atom is 0.417 e. The maximum atomic E-state index is 10.8. The molecule has 1 aromatic heterocycles. The van der Waals surface area contributed by atoms with Crippen molar-refractivity contribution in [1.82, 2.24) is 4.98 Å². The van der Waals surface area contributed by atoms with Crippen LogP contribution in [0.15, 0.2) is 27.4 Å². The molecule has 0 saturated heterocycles. The maximum absolute atomic E-state index is 10.8. The highest BCUT2D eigenvalue weighted by atomic mass is 16.4. The molecule has 4 N–H and O–H groups in total. The Morgan fingerprint density at radius 3 is 3.00 bits per heavy atom. The molecule has 2 rings (SSSR count). The molecular weight excluding hydrogens is 170 g/mol. The van der Waals surface area contributed by atoms with Crippen molar-refractivity contribution in [3.05, 3.63) is 34.3 Å². The predicted octanol–water partition coefficient (Wildman–Crippen LogP) is 0.405. The SMILES string of the molecule is N=C(N)c1cccc2oc(=O)[nH]c12. The van der Waals surface area contributed by atoms with Gasteiger partial charge in [0, 0.05) is 5.56 Å². The number of nitrogen functional groups attached to an aromatic ring is 1. The average molecular weight is 177 g/mol. The molecule has 0 fully saturated rings. The number of nitrogens with two attached hydrogens (primary N) is 1. The lowest BCUT2D eigenvalue weighted by Crippen LogP contribution is -2.11. The normalized spacial score (nSPS) is 10.5. The van der Waals surface area contributed by atoms with Gasteiger partial charge in [-0.05, 0) is 12.1 Å². The van der Waals surface area contributed by atoms with Crippen molar-refractivity contribution in [1.29, 1.82) is 5.41 Å². The van der Waals surface area contributed by atoms with Crippen molar-refractivity contribution < 1.29 is 4.42 Å². The zero-order valence-electron chi connectivity index (χ0n) is 6.63. The van der Waals surface area contributed by atoms with Gasteiger partial charge >= 0.3 is 5.76 Å². The van der Waals surface area contributed by atoms with Gasteiger partial charge in [0.15, 0.2) is 5.58 Å². The van der Waals surface area contributed by atoms with Crippen LogP contribution in [0.2, 0.25) is 0 Å². The van der Waals surface area contributed by atoms with Gasteiger partial charge in [-0.3, -0.25) is 10.4 Å². The minimum Gasteiger partial charge on any atom is -0.408 e. The molecule has 2 aromatic rings. The second-order valence-electron chi connectivity index (χ2n) is 2.61. The molecule has 0 saturated carbocycles. The molecule has 0 aliphatic carbocycles. The Labute approximate surface area is 72.7 Å². The van der Waals surface area contributed by atoms with E-state index >= 15 is 0 Å². The smallest absolute Gasteiger partial charge is 0.408 e. The van der Waals surface area contributed by atoms with E-state index in [0.717, 1.165) is 0 Å². The first kappa shape index (κ1) is 7.60. The zero-order chi connectivity index (χ0) is 9.42. The standard InChI is InChI=1S/C8H7N3O2/c9-7(10)4-2-1-3-5-6(4)11-8(12)13-5/h1-3H,(H3,9,10)(H,11,12). The number of benzene rings is 1. The Balaban J connectivity index is 2.90. The van der Waals surface area contributed by atoms with Crippen LogP contribution < -0.4 is 11.5 Å². The minimum absolute atomic E-state index is 0.0948. The van der Waals surface area contributed by atoms with Crippen LogP contribution in [-0.4, -0.2) is 10.8 Å². The van der Waals surface area contributed by atoms with Crippen LogP contribution in [0.25, 0.3) is 11.1 Å². The van der Waals surface area contributed by atoms with E-state index in [4.69, 9.17) is 15.6 Å². The molecule has 1 heterocycles.